The first-order valence-electron chi connectivity index (χ1n) is 4.88. The second kappa shape index (κ2) is 4.57. The Morgan fingerprint density at radius 3 is 2.79 bits per heavy atom. The van der Waals surface area contributed by atoms with Gasteiger partial charge in [0.2, 0.25) is 0 Å². The Labute approximate surface area is 84.9 Å². The average Bonchev–Trinajstić information content (AvgIpc) is 2.48. The van der Waals surface area contributed by atoms with Gasteiger partial charge in [-0.3, -0.25) is 4.68 Å². The normalized spacial score (nSPS) is 12.0. The molecule has 0 atom stereocenters. The van der Waals surface area contributed by atoms with E-state index in [9.17, 15) is 0 Å². The molecule has 1 heterocycles. The van der Waals surface area contributed by atoms with Crippen molar-refractivity contribution in [3.63, 3.8) is 0 Å². The van der Waals surface area contributed by atoms with Crippen molar-refractivity contribution >= 4 is 0 Å². The number of nitrogens with one attached hydrogen (secondary N) is 1. The lowest BCUT2D eigenvalue weighted by Gasteiger charge is -2.24. The summed E-state index contributed by atoms with van der Waals surface area (Å²) in [5.74, 6) is 0. The summed E-state index contributed by atoms with van der Waals surface area (Å²) in [5.41, 5.74) is 0.991. The zero-order valence-electron chi connectivity index (χ0n) is 9.12. The molecule has 14 heavy (non-hydrogen) atoms. The molecular formula is C10H19N3O. The van der Waals surface area contributed by atoms with Crippen LogP contribution in [0.25, 0.3) is 0 Å². The molecule has 4 heteroatoms. The molecule has 1 aromatic rings. The predicted octanol–water partition coefficient (Wildman–Crippen LogP) is 0.671. The van der Waals surface area contributed by atoms with Crippen LogP contribution in [0.15, 0.2) is 12.3 Å². The largest absolute Gasteiger partial charge is 0.396 e. The third-order valence-electron chi connectivity index (χ3n) is 2.25. The van der Waals surface area contributed by atoms with Gasteiger partial charge >= 0.3 is 0 Å². The molecule has 0 spiro atoms. The Kier molecular flexibility index (Phi) is 3.66. The summed E-state index contributed by atoms with van der Waals surface area (Å²) in [6.45, 7) is 5.11. The van der Waals surface area contributed by atoms with Gasteiger partial charge in [0.25, 0.3) is 0 Å². The maximum Gasteiger partial charge on any atom is 0.0762 e. The number of nitrogens with zero attached hydrogens (tertiary/aromatic N) is 2. The van der Waals surface area contributed by atoms with Crippen LogP contribution in [0.2, 0.25) is 0 Å². The molecular weight excluding hydrogens is 178 g/mol. The summed E-state index contributed by atoms with van der Waals surface area (Å²) in [6, 6.07) is 1.99. The van der Waals surface area contributed by atoms with Crippen molar-refractivity contribution in [2.24, 2.45) is 7.05 Å². The minimum atomic E-state index is -0.0354. The van der Waals surface area contributed by atoms with E-state index in [4.69, 9.17) is 5.11 Å². The molecule has 0 aliphatic carbocycles. The molecule has 0 saturated heterocycles. The minimum absolute atomic E-state index is 0.0354. The zero-order valence-corrected chi connectivity index (χ0v) is 9.12. The molecule has 1 rings (SSSR count). The van der Waals surface area contributed by atoms with Crippen molar-refractivity contribution in [3.05, 3.63) is 18.0 Å². The maximum atomic E-state index is 8.84. The van der Waals surface area contributed by atoms with Crippen molar-refractivity contribution in [1.82, 2.24) is 15.1 Å². The number of hydrogen-bond donors (Lipinski definition) is 2. The number of rotatable bonds is 5. The van der Waals surface area contributed by atoms with Gasteiger partial charge in [-0.25, -0.2) is 0 Å². The third kappa shape index (κ3) is 3.47. The highest BCUT2D eigenvalue weighted by Gasteiger charge is 2.15. The fourth-order valence-corrected chi connectivity index (χ4v) is 1.26. The number of aryl methyl sites for hydroxylation is 1. The highest BCUT2D eigenvalue weighted by Crippen LogP contribution is 2.08. The molecule has 2 N–H and O–H groups in total. The quantitative estimate of drug-likeness (QED) is 0.729. The van der Waals surface area contributed by atoms with Crippen LogP contribution in [-0.4, -0.2) is 27.0 Å². The summed E-state index contributed by atoms with van der Waals surface area (Å²) >= 11 is 0. The van der Waals surface area contributed by atoms with Gasteiger partial charge in [0.05, 0.1) is 5.69 Å². The van der Waals surface area contributed by atoms with E-state index in [1.165, 1.54) is 0 Å². The van der Waals surface area contributed by atoms with E-state index in [1.54, 1.807) is 4.68 Å². The summed E-state index contributed by atoms with van der Waals surface area (Å²) in [5, 5.41) is 16.5. The number of aromatic nitrogens is 2. The summed E-state index contributed by atoms with van der Waals surface area (Å²) < 4.78 is 1.79. The van der Waals surface area contributed by atoms with Crippen molar-refractivity contribution in [2.75, 3.05) is 6.61 Å². The lowest BCUT2D eigenvalue weighted by atomic mass is 10.0. The number of hydrogen-bond acceptors (Lipinski definition) is 3. The highest BCUT2D eigenvalue weighted by molar-refractivity contribution is 4.99. The van der Waals surface area contributed by atoms with Crippen molar-refractivity contribution < 1.29 is 5.11 Å². The predicted molar refractivity (Wildman–Crippen MR) is 55.8 cm³/mol. The lowest BCUT2D eigenvalue weighted by molar-refractivity contribution is 0.229. The summed E-state index contributed by atoms with van der Waals surface area (Å²) in [6.07, 6.45) is 2.68. The van der Waals surface area contributed by atoms with E-state index in [0.29, 0.717) is 0 Å². The Balaban J connectivity index is 2.40. The van der Waals surface area contributed by atoms with Crippen LogP contribution in [0.5, 0.6) is 0 Å². The molecule has 0 unspecified atom stereocenters. The molecule has 0 aliphatic rings. The number of aliphatic hydroxyl groups excluding tert-OH is 1. The molecule has 1 aromatic heterocycles. The van der Waals surface area contributed by atoms with Crippen LogP contribution in [0.4, 0.5) is 0 Å². The van der Waals surface area contributed by atoms with E-state index in [-0.39, 0.29) is 12.1 Å². The second-order valence-corrected chi connectivity index (χ2v) is 4.19. The average molecular weight is 197 g/mol. The third-order valence-corrected chi connectivity index (χ3v) is 2.25. The first-order chi connectivity index (χ1) is 6.53. The van der Waals surface area contributed by atoms with Gasteiger partial charge in [0.15, 0.2) is 0 Å². The van der Waals surface area contributed by atoms with Crippen LogP contribution >= 0.6 is 0 Å². The molecule has 0 aliphatic heterocycles. The number of aliphatic hydroxyl groups is 1. The Morgan fingerprint density at radius 1 is 1.57 bits per heavy atom. The smallest absolute Gasteiger partial charge is 0.0762 e. The fourth-order valence-electron chi connectivity index (χ4n) is 1.26. The lowest BCUT2D eigenvalue weighted by Crippen LogP contribution is -2.39. The van der Waals surface area contributed by atoms with Crippen LogP contribution in [0.3, 0.4) is 0 Å². The molecule has 4 nitrogen and oxygen atoms in total. The second-order valence-electron chi connectivity index (χ2n) is 4.19. The van der Waals surface area contributed by atoms with E-state index in [2.05, 4.69) is 24.3 Å². The van der Waals surface area contributed by atoms with Gasteiger partial charge in [-0.05, 0) is 26.3 Å². The van der Waals surface area contributed by atoms with E-state index < -0.39 is 0 Å². The van der Waals surface area contributed by atoms with Gasteiger partial charge in [-0.15, -0.1) is 0 Å². The summed E-state index contributed by atoms with van der Waals surface area (Å²) in [7, 11) is 1.91. The van der Waals surface area contributed by atoms with Gasteiger partial charge < -0.3 is 10.4 Å². The van der Waals surface area contributed by atoms with E-state index >= 15 is 0 Å². The van der Waals surface area contributed by atoms with Crippen LogP contribution in [-0.2, 0) is 13.6 Å². The Bertz CT molecular complexity index is 281. The fraction of sp³-hybridized carbons (Fsp3) is 0.700. The highest BCUT2D eigenvalue weighted by atomic mass is 16.3. The van der Waals surface area contributed by atoms with Crippen molar-refractivity contribution in [2.45, 2.75) is 32.4 Å². The first kappa shape index (κ1) is 11.2. The van der Waals surface area contributed by atoms with Crippen LogP contribution in [0, 0.1) is 0 Å². The summed E-state index contributed by atoms with van der Waals surface area (Å²) in [4.78, 5) is 0. The van der Waals surface area contributed by atoms with Crippen LogP contribution in [0.1, 0.15) is 26.0 Å². The van der Waals surface area contributed by atoms with E-state index in [1.807, 2.05) is 19.3 Å². The molecule has 0 bridgehead atoms. The topological polar surface area (TPSA) is 50.1 Å². The molecule has 80 valence electrons. The van der Waals surface area contributed by atoms with Crippen molar-refractivity contribution in [3.8, 4) is 0 Å². The van der Waals surface area contributed by atoms with Gasteiger partial charge in [0.1, 0.15) is 0 Å². The Hall–Kier alpha value is -0.870. The molecule has 0 radical (unpaired) electrons. The molecule has 0 aromatic carbocycles. The minimum Gasteiger partial charge on any atom is -0.396 e. The Morgan fingerprint density at radius 2 is 2.29 bits per heavy atom. The standard InChI is InChI=1S/C10H19N3O/c1-10(2,5-7-14)11-8-9-4-6-13(3)12-9/h4,6,11,14H,5,7-8H2,1-3H3. The molecule has 0 saturated carbocycles. The van der Waals surface area contributed by atoms with Gasteiger partial charge in [-0.1, -0.05) is 0 Å². The molecule has 0 amide bonds. The van der Waals surface area contributed by atoms with Crippen molar-refractivity contribution in [1.29, 1.82) is 0 Å². The maximum absolute atomic E-state index is 8.84. The van der Waals surface area contributed by atoms with Gasteiger partial charge in [0, 0.05) is 31.9 Å². The molecule has 0 fully saturated rings. The SMILES string of the molecule is Cn1ccc(CNC(C)(C)CCO)n1. The van der Waals surface area contributed by atoms with Crippen LogP contribution < -0.4 is 5.32 Å². The monoisotopic (exact) mass is 197 g/mol. The van der Waals surface area contributed by atoms with E-state index in [0.717, 1.165) is 18.7 Å². The first-order valence-corrected chi connectivity index (χ1v) is 4.88. The zero-order chi connectivity index (χ0) is 10.6. The van der Waals surface area contributed by atoms with Gasteiger partial charge in [-0.2, -0.15) is 5.10 Å².